The molecule has 1 spiro atoms. The van der Waals surface area contributed by atoms with Crippen molar-refractivity contribution >= 4 is 46.3 Å². The topological polar surface area (TPSA) is 99.5 Å². The summed E-state index contributed by atoms with van der Waals surface area (Å²) >= 11 is 1.28. The van der Waals surface area contributed by atoms with Crippen molar-refractivity contribution in [3.63, 3.8) is 0 Å². The number of alkyl halides is 3. The molecule has 3 aromatic carbocycles. The summed E-state index contributed by atoms with van der Waals surface area (Å²) in [6.07, 6.45) is -4.69. The van der Waals surface area contributed by atoms with Crippen LogP contribution in [0.15, 0.2) is 66.7 Å². The van der Waals surface area contributed by atoms with Crippen LogP contribution in [0.5, 0.6) is 5.75 Å². The maximum absolute atomic E-state index is 14.4. The van der Waals surface area contributed by atoms with E-state index in [-0.39, 0.29) is 29.9 Å². The summed E-state index contributed by atoms with van der Waals surface area (Å²) in [6, 6.07) is 17.0. The largest absolute Gasteiger partial charge is 0.494 e. The number of hydrogen-bond donors (Lipinski definition) is 0. The normalized spacial score (nSPS) is 20.5. The molecule has 0 N–H and O–H groups in total. The van der Waals surface area contributed by atoms with Gasteiger partial charge in [-0.05, 0) is 49.4 Å². The number of halogens is 3. The molecule has 3 aliphatic rings. The first kappa shape index (κ1) is 29.8. The maximum Gasteiger partial charge on any atom is 0.416 e. The van der Waals surface area contributed by atoms with E-state index in [0.717, 1.165) is 12.1 Å². The van der Waals surface area contributed by atoms with Crippen LogP contribution in [0.4, 0.5) is 35.9 Å². The summed E-state index contributed by atoms with van der Waals surface area (Å²) in [5.74, 6) is 0.358. The number of rotatable bonds is 7. The van der Waals surface area contributed by atoms with Crippen molar-refractivity contribution in [3.8, 4) is 5.75 Å². The molecule has 3 heterocycles. The van der Waals surface area contributed by atoms with E-state index in [9.17, 15) is 32.9 Å². The van der Waals surface area contributed by atoms with Gasteiger partial charge in [-0.15, -0.1) is 11.8 Å². The highest BCUT2D eigenvalue weighted by molar-refractivity contribution is 8.02. The SMILES string of the molecule is CCOc1ccc(N2C(=O)CS[C@]23C(=O)N(CN2CCN(c4ccc(C(F)(F)F)cc4[N+](=O)[O-])CC2)c2ccccc23)cc1. The molecule has 0 aromatic heterocycles. The van der Waals surface area contributed by atoms with Gasteiger partial charge in [-0.2, -0.15) is 13.2 Å². The van der Waals surface area contributed by atoms with E-state index < -0.39 is 27.2 Å². The average Bonchev–Trinajstić information content (AvgIpc) is 3.47. The van der Waals surface area contributed by atoms with Gasteiger partial charge in [0.25, 0.3) is 11.6 Å². The lowest BCUT2D eigenvalue weighted by Crippen LogP contribution is -2.54. The minimum absolute atomic E-state index is 0.121. The molecule has 0 unspecified atom stereocenters. The zero-order valence-electron chi connectivity index (χ0n) is 23.6. The second-order valence-electron chi connectivity index (χ2n) is 10.5. The van der Waals surface area contributed by atoms with Crippen molar-refractivity contribution in [3.05, 3.63) is 88.0 Å². The Labute approximate surface area is 255 Å². The number of fused-ring (bicyclic) bond motifs is 2. The fraction of sp³-hybridized carbons (Fsp3) is 0.333. The number of nitrogens with zero attached hydrogens (tertiary/aromatic N) is 5. The Morgan fingerprint density at radius 3 is 2.34 bits per heavy atom. The molecule has 2 fully saturated rings. The summed E-state index contributed by atoms with van der Waals surface area (Å²) in [7, 11) is 0. The van der Waals surface area contributed by atoms with Crippen LogP contribution in [0.3, 0.4) is 0 Å². The van der Waals surface area contributed by atoms with Gasteiger partial charge in [-0.25, -0.2) is 0 Å². The summed E-state index contributed by atoms with van der Waals surface area (Å²) < 4.78 is 45.1. The van der Waals surface area contributed by atoms with Gasteiger partial charge < -0.3 is 9.64 Å². The highest BCUT2D eigenvalue weighted by atomic mass is 32.2. The number of hydrogen-bond acceptors (Lipinski definition) is 8. The second-order valence-corrected chi connectivity index (χ2v) is 11.7. The molecule has 2 amide bonds. The highest BCUT2D eigenvalue weighted by Crippen LogP contribution is 2.55. The molecular weight excluding hydrogens is 599 g/mol. The number of carbonyl (C=O) groups excluding carboxylic acids is 2. The van der Waals surface area contributed by atoms with Crippen molar-refractivity contribution < 1.29 is 32.4 Å². The van der Waals surface area contributed by atoms with E-state index in [1.54, 1.807) is 39.0 Å². The van der Waals surface area contributed by atoms with E-state index in [2.05, 4.69) is 0 Å². The van der Waals surface area contributed by atoms with Crippen molar-refractivity contribution in [2.24, 2.45) is 0 Å². The van der Waals surface area contributed by atoms with E-state index in [4.69, 9.17) is 4.74 Å². The van der Waals surface area contributed by atoms with Gasteiger partial charge in [-0.1, -0.05) is 18.2 Å². The number of thioether (sulfide) groups is 1. The number of benzene rings is 3. The Bertz CT molecular complexity index is 1610. The Balaban J connectivity index is 1.23. The molecule has 6 rings (SSSR count). The zero-order chi connectivity index (χ0) is 31.2. The molecule has 14 heteroatoms. The lowest BCUT2D eigenvalue weighted by atomic mass is 10.0. The monoisotopic (exact) mass is 627 g/mol. The fourth-order valence-electron chi connectivity index (χ4n) is 6.00. The van der Waals surface area contributed by atoms with Gasteiger partial charge in [-0.3, -0.25) is 34.4 Å². The van der Waals surface area contributed by atoms with Crippen LogP contribution in [0.25, 0.3) is 0 Å². The lowest BCUT2D eigenvalue weighted by molar-refractivity contribution is -0.384. The third kappa shape index (κ3) is 5.01. The number of carbonyl (C=O) groups is 2. The number of amides is 2. The lowest BCUT2D eigenvalue weighted by Gasteiger charge is -2.38. The van der Waals surface area contributed by atoms with Crippen LogP contribution in [0, 0.1) is 10.1 Å². The second kappa shape index (κ2) is 11.3. The fourth-order valence-corrected chi connectivity index (χ4v) is 7.36. The molecule has 3 aliphatic heterocycles. The molecule has 0 saturated carbocycles. The Kier molecular flexibility index (Phi) is 7.66. The van der Waals surface area contributed by atoms with E-state index in [1.165, 1.54) is 11.8 Å². The van der Waals surface area contributed by atoms with Crippen molar-refractivity contribution in [1.82, 2.24) is 4.90 Å². The molecule has 1 atom stereocenters. The van der Waals surface area contributed by atoms with Crippen molar-refractivity contribution in [2.75, 3.05) is 59.9 Å². The highest BCUT2D eigenvalue weighted by Gasteiger charge is 2.61. The molecule has 2 saturated heterocycles. The Hall–Kier alpha value is -4.30. The number of anilines is 3. The maximum atomic E-state index is 14.4. The third-order valence-corrected chi connectivity index (χ3v) is 9.41. The van der Waals surface area contributed by atoms with Gasteiger partial charge in [0.05, 0.1) is 35.2 Å². The quantitative estimate of drug-likeness (QED) is 0.265. The van der Waals surface area contributed by atoms with Crippen LogP contribution in [0.2, 0.25) is 0 Å². The minimum Gasteiger partial charge on any atom is -0.494 e. The summed E-state index contributed by atoms with van der Waals surface area (Å²) in [6.45, 7) is 4.03. The van der Waals surface area contributed by atoms with Gasteiger partial charge in [0.15, 0.2) is 0 Å². The number of piperazine rings is 1. The molecule has 0 aliphatic carbocycles. The first-order valence-electron chi connectivity index (χ1n) is 14.0. The number of nitro groups is 1. The van der Waals surface area contributed by atoms with Gasteiger partial charge in [0.1, 0.15) is 11.4 Å². The summed E-state index contributed by atoms with van der Waals surface area (Å²) in [5.41, 5.74) is 0.437. The smallest absolute Gasteiger partial charge is 0.416 e. The first-order chi connectivity index (χ1) is 21.0. The standard InChI is InChI=1S/C30H28F3N5O5S/c1-2-43-22-10-8-21(9-11-22)37-27(39)18-44-29(37)23-5-3-4-6-24(23)36(28(29)40)19-34-13-15-35(16-14-34)25-12-7-20(30(31,32)33)17-26(25)38(41)42/h3-12,17H,2,13-16,18-19H2,1H3/t29-/m1/s1. The molecule has 0 radical (unpaired) electrons. The third-order valence-electron chi connectivity index (χ3n) is 8.02. The summed E-state index contributed by atoms with van der Waals surface area (Å²) in [5, 5.41) is 11.6. The van der Waals surface area contributed by atoms with Crippen molar-refractivity contribution in [2.45, 2.75) is 18.0 Å². The van der Waals surface area contributed by atoms with Crippen LogP contribution < -0.4 is 19.4 Å². The van der Waals surface area contributed by atoms with E-state index in [0.29, 0.717) is 61.5 Å². The number of ether oxygens (including phenoxy) is 1. The Morgan fingerprint density at radius 2 is 1.68 bits per heavy atom. The predicted octanol–water partition coefficient (Wildman–Crippen LogP) is 5.07. The zero-order valence-corrected chi connectivity index (χ0v) is 24.4. The molecule has 0 bridgehead atoms. The molecule has 230 valence electrons. The van der Waals surface area contributed by atoms with Crippen LogP contribution in [0.1, 0.15) is 18.1 Å². The molecule has 10 nitrogen and oxygen atoms in total. The van der Waals surface area contributed by atoms with Gasteiger partial charge in [0.2, 0.25) is 10.8 Å². The number of nitro benzene ring substituents is 1. The predicted molar refractivity (Wildman–Crippen MR) is 160 cm³/mol. The van der Waals surface area contributed by atoms with E-state index in [1.807, 2.05) is 36.1 Å². The van der Waals surface area contributed by atoms with Gasteiger partial charge >= 0.3 is 6.18 Å². The van der Waals surface area contributed by atoms with Crippen LogP contribution in [-0.4, -0.2) is 66.8 Å². The minimum atomic E-state index is -4.69. The Morgan fingerprint density at radius 1 is 0.977 bits per heavy atom. The molecule has 3 aromatic rings. The van der Waals surface area contributed by atoms with E-state index >= 15 is 0 Å². The number of para-hydroxylation sites is 1. The summed E-state index contributed by atoms with van der Waals surface area (Å²) in [4.78, 5) is 44.2. The molecule has 44 heavy (non-hydrogen) atoms. The average molecular weight is 628 g/mol. The van der Waals surface area contributed by atoms with Crippen LogP contribution in [-0.2, 0) is 20.6 Å². The van der Waals surface area contributed by atoms with Gasteiger partial charge in [0, 0.05) is 43.5 Å². The van der Waals surface area contributed by atoms with Crippen molar-refractivity contribution in [1.29, 1.82) is 0 Å². The van der Waals surface area contributed by atoms with Crippen LogP contribution >= 0.6 is 11.8 Å². The molecular formula is C30H28F3N5O5S. The first-order valence-corrected chi connectivity index (χ1v) is 15.0.